The molecule has 3 N–H and O–H groups in total. The number of nitrogens with one attached hydrogen (secondary N) is 1. The molecule has 3 heterocycles. The Hall–Kier alpha value is -2.12. The maximum atomic E-state index is 13.6. The van der Waals surface area contributed by atoms with Gasteiger partial charge in [0.05, 0.1) is 10.9 Å². The summed E-state index contributed by atoms with van der Waals surface area (Å²) in [6.07, 6.45) is 1.47. The highest BCUT2D eigenvalue weighted by molar-refractivity contribution is 6.35. The molecule has 2 amide bonds. The van der Waals surface area contributed by atoms with Crippen LogP contribution in [-0.4, -0.2) is 58.8 Å². The Balaban J connectivity index is 1.48. The molecule has 2 aliphatic rings. The van der Waals surface area contributed by atoms with Crippen molar-refractivity contribution >= 4 is 34.3 Å². The molecule has 2 aliphatic heterocycles. The minimum Gasteiger partial charge on any atom is -0.350 e. The van der Waals surface area contributed by atoms with E-state index >= 15 is 0 Å². The lowest BCUT2D eigenvalue weighted by Crippen LogP contribution is -2.38. The second kappa shape index (κ2) is 6.55. The number of nitrogens with zero attached hydrogens (tertiary/aromatic N) is 2. The number of amides is 2. The predicted molar refractivity (Wildman–Crippen MR) is 96.4 cm³/mol. The van der Waals surface area contributed by atoms with Crippen molar-refractivity contribution < 1.29 is 14.0 Å². The summed E-state index contributed by atoms with van der Waals surface area (Å²) in [6, 6.07) is 4.44. The molecule has 0 spiro atoms. The number of carbonyl (C=O) groups excluding carboxylic acids is 2. The van der Waals surface area contributed by atoms with Crippen LogP contribution in [0, 0.1) is 11.7 Å². The summed E-state index contributed by atoms with van der Waals surface area (Å²) >= 11 is 5.97. The maximum absolute atomic E-state index is 13.6. The van der Waals surface area contributed by atoms with Gasteiger partial charge in [-0.25, -0.2) is 4.39 Å². The molecule has 0 saturated carbocycles. The molecule has 1 aromatic carbocycles. The van der Waals surface area contributed by atoms with Gasteiger partial charge in [-0.15, -0.1) is 0 Å². The first-order valence-electron chi connectivity index (χ1n) is 8.74. The topological polar surface area (TPSA) is 82.4 Å². The molecule has 4 rings (SSSR count). The van der Waals surface area contributed by atoms with Crippen molar-refractivity contribution in [3.63, 3.8) is 0 Å². The van der Waals surface area contributed by atoms with Gasteiger partial charge in [-0.3, -0.25) is 9.59 Å². The van der Waals surface area contributed by atoms with Crippen molar-refractivity contribution in [2.24, 2.45) is 11.7 Å². The fourth-order valence-electron chi connectivity index (χ4n) is 3.82. The first kappa shape index (κ1) is 17.3. The van der Waals surface area contributed by atoms with Gasteiger partial charge in [0.25, 0.3) is 5.91 Å². The molecule has 2 atom stereocenters. The molecule has 26 heavy (non-hydrogen) atoms. The van der Waals surface area contributed by atoms with Crippen LogP contribution in [-0.2, 0) is 4.79 Å². The first-order valence-corrected chi connectivity index (χ1v) is 9.12. The van der Waals surface area contributed by atoms with Gasteiger partial charge in [0.15, 0.2) is 0 Å². The highest BCUT2D eigenvalue weighted by atomic mass is 35.5. The number of aromatic amines is 1. The number of aromatic nitrogens is 1. The van der Waals surface area contributed by atoms with Gasteiger partial charge < -0.3 is 20.5 Å². The second-order valence-electron chi connectivity index (χ2n) is 7.08. The van der Waals surface area contributed by atoms with Gasteiger partial charge in [-0.1, -0.05) is 11.6 Å². The zero-order chi connectivity index (χ0) is 18.4. The molecule has 8 heteroatoms. The monoisotopic (exact) mass is 378 g/mol. The minimum atomic E-state index is -0.521. The fourth-order valence-corrected chi connectivity index (χ4v) is 4.04. The zero-order valence-electron chi connectivity index (χ0n) is 14.2. The number of hydrogen-bond acceptors (Lipinski definition) is 3. The van der Waals surface area contributed by atoms with E-state index in [9.17, 15) is 14.0 Å². The van der Waals surface area contributed by atoms with E-state index in [0.29, 0.717) is 49.2 Å². The molecule has 2 aromatic rings. The molecule has 2 fully saturated rings. The Labute approximate surface area is 155 Å². The van der Waals surface area contributed by atoms with Gasteiger partial charge in [0.1, 0.15) is 11.5 Å². The third kappa shape index (κ3) is 2.95. The SMILES string of the molecule is N[C@@H]1CCN(C(=O)[C@H]2CCN(C(=O)c3cc4c(Cl)c(F)ccc4[nH]3)C2)C1. The van der Waals surface area contributed by atoms with E-state index in [-0.39, 0.29) is 28.8 Å². The van der Waals surface area contributed by atoms with E-state index in [1.165, 1.54) is 6.07 Å². The largest absolute Gasteiger partial charge is 0.350 e. The lowest BCUT2D eigenvalue weighted by molar-refractivity contribution is -0.134. The van der Waals surface area contributed by atoms with Gasteiger partial charge >= 0.3 is 0 Å². The molecule has 138 valence electrons. The smallest absolute Gasteiger partial charge is 0.270 e. The standard InChI is InChI=1S/C18H20ClFN4O2/c19-16-12-7-15(22-14(12)2-1-13(16)20)18(26)23-5-3-10(8-23)17(25)24-6-4-11(21)9-24/h1-2,7,10-11,22H,3-6,8-9,21H2/t10-,11+/m0/s1. The van der Waals surface area contributed by atoms with E-state index in [0.717, 1.165) is 6.42 Å². The Morgan fingerprint density at radius 3 is 2.69 bits per heavy atom. The predicted octanol–water partition coefficient (Wildman–Crippen LogP) is 1.98. The summed E-state index contributed by atoms with van der Waals surface area (Å²) < 4.78 is 13.6. The number of rotatable bonds is 2. The van der Waals surface area contributed by atoms with Crippen LogP contribution in [0.1, 0.15) is 23.3 Å². The number of nitrogens with two attached hydrogens (primary N) is 1. The summed E-state index contributed by atoms with van der Waals surface area (Å²) in [7, 11) is 0. The highest BCUT2D eigenvalue weighted by Crippen LogP contribution is 2.28. The average Bonchev–Trinajstić information content (AvgIpc) is 3.36. The van der Waals surface area contributed by atoms with Crippen LogP contribution in [0.15, 0.2) is 18.2 Å². The second-order valence-corrected chi connectivity index (χ2v) is 7.45. The summed E-state index contributed by atoms with van der Waals surface area (Å²) in [5, 5.41) is 0.477. The molecule has 0 aliphatic carbocycles. The molecule has 0 radical (unpaired) electrons. The summed E-state index contributed by atoms with van der Waals surface area (Å²) in [4.78, 5) is 31.8. The molecule has 2 saturated heterocycles. The van der Waals surface area contributed by atoms with Crippen LogP contribution >= 0.6 is 11.6 Å². The van der Waals surface area contributed by atoms with E-state index in [2.05, 4.69) is 4.98 Å². The summed E-state index contributed by atoms with van der Waals surface area (Å²) in [5.74, 6) is -0.830. The van der Waals surface area contributed by atoms with Crippen LogP contribution in [0.25, 0.3) is 10.9 Å². The summed E-state index contributed by atoms with van der Waals surface area (Å²) in [5.41, 5.74) is 6.83. The van der Waals surface area contributed by atoms with E-state index in [1.54, 1.807) is 21.9 Å². The fraction of sp³-hybridized carbons (Fsp3) is 0.444. The highest BCUT2D eigenvalue weighted by Gasteiger charge is 2.36. The van der Waals surface area contributed by atoms with Crippen molar-refractivity contribution in [3.05, 3.63) is 34.7 Å². The van der Waals surface area contributed by atoms with Crippen molar-refractivity contribution in [1.29, 1.82) is 0 Å². The molecular weight excluding hydrogens is 359 g/mol. The molecule has 0 bridgehead atoms. The lowest BCUT2D eigenvalue weighted by Gasteiger charge is -2.20. The van der Waals surface area contributed by atoms with E-state index in [4.69, 9.17) is 17.3 Å². The van der Waals surface area contributed by atoms with E-state index in [1.807, 2.05) is 0 Å². The van der Waals surface area contributed by atoms with Gasteiger partial charge in [0.2, 0.25) is 5.91 Å². The first-order chi connectivity index (χ1) is 12.4. The van der Waals surface area contributed by atoms with Crippen LogP contribution < -0.4 is 5.73 Å². The number of H-pyrrole nitrogens is 1. The van der Waals surface area contributed by atoms with Gasteiger partial charge in [-0.05, 0) is 31.0 Å². The van der Waals surface area contributed by atoms with Crippen LogP contribution in [0.5, 0.6) is 0 Å². The Morgan fingerprint density at radius 2 is 1.96 bits per heavy atom. The van der Waals surface area contributed by atoms with Crippen molar-refractivity contribution in [1.82, 2.24) is 14.8 Å². The molecule has 1 aromatic heterocycles. The number of halogens is 2. The maximum Gasteiger partial charge on any atom is 0.270 e. The number of likely N-dealkylation sites (tertiary alicyclic amines) is 2. The zero-order valence-corrected chi connectivity index (χ0v) is 14.9. The van der Waals surface area contributed by atoms with Crippen LogP contribution in [0.3, 0.4) is 0 Å². The normalized spacial score (nSPS) is 23.2. The number of hydrogen-bond donors (Lipinski definition) is 2. The minimum absolute atomic E-state index is 0.00218. The molecule has 6 nitrogen and oxygen atoms in total. The Morgan fingerprint density at radius 1 is 1.19 bits per heavy atom. The average molecular weight is 379 g/mol. The Bertz CT molecular complexity index is 883. The molecular formula is C18H20ClFN4O2. The van der Waals surface area contributed by atoms with Crippen LogP contribution in [0.4, 0.5) is 4.39 Å². The third-order valence-electron chi connectivity index (χ3n) is 5.28. The lowest BCUT2D eigenvalue weighted by atomic mass is 10.1. The van der Waals surface area contributed by atoms with E-state index < -0.39 is 5.82 Å². The van der Waals surface area contributed by atoms with Gasteiger partial charge in [0, 0.05) is 43.1 Å². The number of fused-ring (bicyclic) bond motifs is 1. The number of carbonyl (C=O) groups is 2. The van der Waals surface area contributed by atoms with Crippen molar-refractivity contribution in [3.8, 4) is 0 Å². The van der Waals surface area contributed by atoms with Crippen molar-refractivity contribution in [2.75, 3.05) is 26.2 Å². The van der Waals surface area contributed by atoms with Crippen LogP contribution in [0.2, 0.25) is 5.02 Å². The third-order valence-corrected chi connectivity index (χ3v) is 5.67. The van der Waals surface area contributed by atoms with Crippen molar-refractivity contribution in [2.45, 2.75) is 18.9 Å². The quantitative estimate of drug-likeness (QED) is 0.838. The Kier molecular flexibility index (Phi) is 4.36. The summed E-state index contributed by atoms with van der Waals surface area (Å²) in [6.45, 7) is 2.19. The van der Waals surface area contributed by atoms with Gasteiger partial charge in [-0.2, -0.15) is 0 Å². The molecule has 0 unspecified atom stereocenters. The number of benzene rings is 1.